The van der Waals surface area contributed by atoms with Gasteiger partial charge in [0, 0.05) is 19.4 Å². The highest BCUT2D eigenvalue weighted by atomic mass is 35.5. The zero-order valence-corrected chi connectivity index (χ0v) is 18.6. The van der Waals surface area contributed by atoms with Gasteiger partial charge < -0.3 is 24.3 Å². The Bertz CT molecular complexity index is 822. The predicted molar refractivity (Wildman–Crippen MR) is 116 cm³/mol. The minimum absolute atomic E-state index is 0.0894. The molecule has 1 N–H and O–H groups in total. The van der Waals surface area contributed by atoms with E-state index in [1.54, 1.807) is 56.7 Å². The second-order valence-electron chi connectivity index (χ2n) is 6.68. The molecule has 6 nitrogen and oxygen atoms in total. The molecule has 2 aromatic rings. The zero-order valence-electron chi connectivity index (χ0n) is 17.1. The van der Waals surface area contributed by atoms with Gasteiger partial charge in [0.2, 0.25) is 5.91 Å². The smallest absolute Gasteiger partial charge is 0.217 e. The fourth-order valence-electron chi connectivity index (χ4n) is 2.95. The summed E-state index contributed by atoms with van der Waals surface area (Å²) in [7, 11) is 3.10. The van der Waals surface area contributed by atoms with E-state index in [2.05, 4.69) is 5.32 Å². The summed E-state index contributed by atoms with van der Waals surface area (Å²) in [6, 6.07) is 13.5. The molecule has 8 heteroatoms. The van der Waals surface area contributed by atoms with Crippen LogP contribution in [0.3, 0.4) is 0 Å². The lowest BCUT2D eigenvalue weighted by Crippen LogP contribution is -2.46. The molecule has 0 aliphatic rings. The standard InChI is InChI=1S/C22H25Cl2NO5/c1-15(27)25-21(22(23,24)17-7-5-4-6-8-17)12-20(13-26)30-14-16-9-18(28-2)11-19(10-16)29-3/h4-11,13,20-21H,12,14H2,1-3H3,(H,25,27). The SMILES string of the molecule is COc1cc(COC(C=O)CC(NC(C)=O)C(Cl)(Cl)c2ccccc2)cc(OC)c1. The first-order valence-corrected chi connectivity index (χ1v) is 10.0. The summed E-state index contributed by atoms with van der Waals surface area (Å²) in [6.45, 7) is 1.49. The van der Waals surface area contributed by atoms with Gasteiger partial charge in [0.15, 0.2) is 4.33 Å². The van der Waals surface area contributed by atoms with Gasteiger partial charge in [0.1, 0.15) is 23.9 Å². The third kappa shape index (κ3) is 6.62. The molecule has 30 heavy (non-hydrogen) atoms. The van der Waals surface area contributed by atoms with Gasteiger partial charge in [-0.05, 0) is 23.3 Å². The normalized spacial score (nSPS) is 13.2. The number of halogens is 2. The zero-order chi connectivity index (χ0) is 22.1. The van der Waals surface area contributed by atoms with Crippen LogP contribution in [0.2, 0.25) is 0 Å². The number of nitrogens with one attached hydrogen (secondary N) is 1. The van der Waals surface area contributed by atoms with Crippen LogP contribution < -0.4 is 14.8 Å². The van der Waals surface area contributed by atoms with Crippen LogP contribution in [0.4, 0.5) is 0 Å². The second kappa shape index (κ2) is 11.2. The van der Waals surface area contributed by atoms with E-state index in [0.717, 1.165) is 5.56 Å². The lowest BCUT2D eigenvalue weighted by Gasteiger charge is -2.32. The molecule has 162 valence electrons. The summed E-state index contributed by atoms with van der Waals surface area (Å²) >= 11 is 13.2. The fourth-order valence-corrected chi connectivity index (χ4v) is 3.49. The maximum absolute atomic E-state index is 11.7. The maximum atomic E-state index is 11.7. The summed E-state index contributed by atoms with van der Waals surface area (Å²) in [5.74, 6) is 0.900. The van der Waals surface area contributed by atoms with E-state index in [9.17, 15) is 9.59 Å². The van der Waals surface area contributed by atoms with E-state index in [0.29, 0.717) is 23.3 Å². The highest BCUT2D eigenvalue weighted by molar-refractivity contribution is 6.48. The van der Waals surface area contributed by atoms with Crippen LogP contribution >= 0.6 is 23.2 Å². The van der Waals surface area contributed by atoms with Crippen molar-refractivity contribution >= 4 is 35.4 Å². The summed E-state index contributed by atoms with van der Waals surface area (Å²) in [6.07, 6.45) is -0.0905. The van der Waals surface area contributed by atoms with Crippen LogP contribution in [-0.4, -0.2) is 38.6 Å². The Morgan fingerprint density at radius 3 is 2.20 bits per heavy atom. The van der Waals surface area contributed by atoms with Crippen molar-refractivity contribution in [1.29, 1.82) is 0 Å². The van der Waals surface area contributed by atoms with Gasteiger partial charge in [-0.25, -0.2) is 0 Å². The number of methoxy groups -OCH3 is 2. The van der Waals surface area contributed by atoms with Crippen molar-refractivity contribution in [3.05, 3.63) is 59.7 Å². The number of hydrogen-bond acceptors (Lipinski definition) is 5. The van der Waals surface area contributed by atoms with E-state index < -0.39 is 16.5 Å². The van der Waals surface area contributed by atoms with Crippen LogP contribution in [0.1, 0.15) is 24.5 Å². The Morgan fingerprint density at radius 2 is 1.70 bits per heavy atom. The largest absolute Gasteiger partial charge is 0.497 e. The molecule has 2 unspecified atom stereocenters. The van der Waals surface area contributed by atoms with Gasteiger partial charge in [-0.3, -0.25) is 4.79 Å². The fraction of sp³-hybridized carbons (Fsp3) is 0.364. The minimum Gasteiger partial charge on any atom is -0.497 e. The van der Waals surface area contributed by atoms with Crippen molar-refractivity contribution in [3.8, 4) is 11.5 Å². The van der Waals surface area contributed by atoms with E-state index in [4.69, 9.17) is 37.4 Å². The third-order valence-corrected chi connectivity index (χ3v) is 5.43. The highest BCUT2D eigenvalue weighted by Gasteiger charge is 2.39. The maximum Gasteiger partial charge on any atom is 0.217 e. The van der Waals surface area contributed by atoms with Crippen molar-refractivity contribution in [2.45, 2.75) is 36.4 Å². The molecule has 0 spiro atoms. The molecule has 0 aliphatic carbocycles. The van der Waals surface area contributed by atoms with E-state index in [1.807, 2.05) is 6.07 Å². The quantitative estimate of drug-likeness (QED) is 0.410. The van der Waals surface area contributed by atoms with Gasteiger partial charge in [-0.2, -0.15) is 0 Å². The minimum atomic E-state index is -1.45. The number of carbonyl (C=O) groups excluding carboxylic acids is 2. The average molecular weight is 454 g/mol. The molecule has 0 saturated heterocycles. The number of ether oxygens (including phenoxy) is 3. The van der Waals surface area contributed by atoms with E-state index >= 15 is 0 Å². The van der Waals surface area contributed by atoms with Crippen LogP contribution in [0.25, 0.3) is 0 Å². The van der Waals surface area contributed by atoms with Crippen LogP contribution in [0.15, 0.2) is 48.5 Å². The highest BCUT2D eigenvalue weighted by Crippen LogP contribution is 2.39. The molecule has 1 amide bonds. The van der Waals surface area contributed by atoms with Crippen molar-refractivity contribution < 1.29 is 23.8 Å². The predicted octanol–water partition coefficient (Wildman–Crippen LogP) is 4.01. The first-order valence-electron chi connectivity index (χ1n) is 9.29. The number of alkyl halides is 2. The molecule has 0 heterocycles. The Hall–Kier alpha value is -2.28. The molecule has 0 saturated carbocycles. The number of amides is 1. The monoisotopic (exact) mass is 453 g/mol. The first kappa shape index (κ1) is 24.0. The Kier molecular flexibility index (Phi) is 8.96. The van der Waals surface area contributed by atoms with E-state index in [1.165, 1.54) is 6.92 Å². The first-order chi connectivity index (χ1) is 14.3. The van der Waals surface area contributed by atoms with E-state index in [-0.39, 0.29) is 18.9 Å². The molecule has 0 fully saturated rings. The van der Waals surface area contributed by atoms with Crippen LogP contribution in [-0.2, 0) is 25.3 Å². The van der Waals surface area contributed by atoms with Crippen molar-refractivity contribution in [2.75, 3.05) is 14.2 Å². The lowest BCUT2D eigenvalue weighted by molar-refractivity contribution is -0.123. The molecule has 2 rings (SSSR count). The summed E-state index contributed by atoms with van der Waals surface area (Å²) in [4.78, 5) is 23.4. The average Bonchev–Trinajstić information content (AvgIpc) is 2.75. The summed E-state index contributed by atoms with van der Waals surface area (Å²) < 4.78 is 14.8. The lowest BCUT2D eigenvalue weighted by atomic mass is 9.99. The Morgan fingerprint density at radius 1 is 1.10 bits per heavy atom. The number of aldehydes is 1. The number of rotatable bonds is 11. The molecule has 2 atom stereocenters. The molecular weight excluding hydrogens is 429 g/mol. The number of benzene rings is 2. The van der Waals surface area contributed by atoms with Crippen LogP contribution in [0, 0.1) is 0 Å². The molecule has 0 aromatic heterocycles. The second-order valence-corrected chi connectivity index (χ2v) is 8.07. The van der Waals surface area contributed by atoms with Crippen molar-refractivity contribution in [1.82, 2.24) is 5.32 Å². The molecule has 2 aromatic carbocycles. The molecule has 0 aliphatic heterocycles. The number of carbonyl (C=O) groups is 2. The third-order valence-electron chi connectivity index (χ3n) is 4.47. The Labute approximate surface area is 186 Å². The summed E-state index contributed by atoms with van der Waals surface area (Å²) in [5.41, 5.74) is 1.37. The van der Waals surface area contributed by atoms with Gasteiger partial charge in [-0.15, -0.1) is 0 Å². The van der Waals surface area contributed by atoms with Gasteiger partial charge in [0.05, 0.1) is 26.9 Å². The van der Waals surface area contributed by atoms with Crippen molar-refractivity contribution in [3.63, 3.8) is 0 Å². The van der Waals surface area contributed by atoms with Gasteiger partial charge in [0.25, 0.3) is 0 Å². The van der Waals surface area contributed by atoms with Crippen molar-refractivity contribution in [2.24, 2.45) is 0 Å². The molecule has 0 bridgehead atoms. The Balaban J connectivity index is 2.16. The summed E-state index contributed by atoms with van der Waals surface area (Å²) in [5, 5.41) is 2.74. The molecule has 0 radical (unpaired) electrons. The van der Waals surface area contributed by atoms with Gasteiger partial charge >= 0.3 is 0 Å². The van der Waals surface area contributed by atoms with Crippen LogP contribution in [0.5, 0.6) is 11.5 Å². The molecular formula is C22H25Cl2NO5. The number of hydrogen-bond donors (Lipinski definition) is 1. The topological polar surface area (TPSA) is 73.9 Å². The van der Waals surface area contributed by atoms with Gasteiger partial charge in [-0.1, -0.05) is 53.5 Å².